The highest BCUT2D eigenvalue weighted by atomic mass is 32.2. The molecule has 1 heterocycles. The van der Waals surface area contributed by atoms with Crippen molar-refractivity contribution in [2.24, 2.45) is 5.73 Å². The fraction of sp³-hybridized carbons (Fsp3) is 0.500. The van der Waals surface area contributed by atoms with Crippen LogP contribution in [0.2, 0.25) is 0 Å². The van der Waals surface area contributed by atoms with Gasteiger partial charge in [-0.15, -0.1) is 0 Å². The molecular weight excluding hydrogens is 308 g/mol. The minimum atomic E-state index is -3.27. The van der Waals surface area contributed by atoms with E-state index >= 15 is 0 Å². The van der Waals surface area contributed by atoms with Crippen molar-refractivity contribution in [2.45, 2.75) is 44.4 Å². The van der Waals surface area contributed by atoms with Gasteiger partial charge in [0.1, 0.15) is 11.5 Å². The summed E-state index contributed by atoms with van der Waals surface area (Å²) in [5.74, 6) is -0.334. The van der Waals surface area contributed by atoms with E-state index in [1.54, 1.807) is 32.9 Å². The van der Waals surface area contributed by atoms with E-state index in [0.717, 1.165) is 18.7 Å². The maximum atomic E-state index is 11.5. The Hall–Kier alpha value is -1.64. The van der Waals surface area contributed by atoms with Gasteiger partial charge >= 0.3 is 6.16 Å². The van der Waals surface area contributed by atoms with Crippen LogP contribution in [0.25, 0.3) is 0 Å². The topological polar surface area (TPSA) is 119 Å². The normalized spacial score (nSPS) is 13.8. The van der Waals surface area contributed by atoms with Gasteiger partial charge in [-0.25, -0.2) is 13.2 Å². The molecule has 0 unspecified atom stereocenters. The van der Waals surface area contributed by atoms with Gasteiger partial charge in [0.15, 0.2) is 9.84 Å². The van der Waals surface area contributed by atoms with E-state index in [1.807, 2.05) is 6.07 Å². The molecule has 22 heavy (non-hydrogen) atoms. The van der Waals surface area contributed by atoms with Gasteiger partial charge in [0.25, 0.3) is 0 Å². The third kappa shape index (κ3) is 5.63. The second-order valence-corrected chi connectivity index (χ2v) is 7.83. The number of ether oxygens (including phenoxy) is 1. The Labute approximate surface area is 130 Å². The van der Waals surface area contributed by atoms with E-state index in [4.69, 9.17) is 10.8 Å². The van der Waals surface area contributed by atoms with Crippen LogP contribution in [0.4, 0.5) is 4.79 Å². The summed E-state index contributed by atoms with van der Waals surface area (Å²) in [6.07, 6.45) is -1.22. The van der Waals surface area contributed by atoms with E-state index in [-0.39, 0.29) is 5.88 Å². The first kappa shape index (κ1) is 18.4. The molecule has 8 heteroatoms. The van der Waals surface area contributed by atoms with E-state index in [0.29, 0.717) is 4.90 Å². The zero-order valence-corrected chi connectivity index (χ0v) is 13.7. The molecule has 7 nitrogen and oxygen atoms in total. The van der Waals surface area contributed by atoms with Crippen molar-refractivity contribution in [3.05, 3.63) is 29.3 Å². The third-order valence-electron chi connectivity index (χ3n) is 2.78. The van der Waals surface area contributed by atoms with Crippen molar-refractivity contribution < 1.29 is 23.1 Å². The second kappa shape index (κ2) is 7.08. The van der Waals surface area contributed by atoms with Gasteiger partial charge in [0.05, 0.1) is 4.90 Å². The lowest BCUT2D eigenvalue weighted by Gasteiger charge is -2.15. The quantitative estimate of drug-likeness (QED) is 0.702. The van der Waals surface area contributed by atoms with Crippen LogP contribution < -0.4 is 11.1 Å². The van der Waals surface area contributed by atoms with Gasteiger partial charge < -0.3 is 20.9 Å². The van der Waals surface area contributed by atoms with Crippen molar-refractivity contribution in [1.82, 2.24) is 5.32 Å². The summed E-state index contributed by atoms with van der Waals surface area (Å²) < 4.78 is 27.3. The molecule has 1 aromatic rings. The van der Waals surface area contributed by atoms with Crippen LogP contribution in [0, 0.1) is 0 Å². The van der Waals surface area contributed by atoms with Crippen molar-refractivity contribution in [1.29, 1.82) is 0 Å². The second-order valence-electron chi connectivity index (χ2n) is 5.80. The van der Waals surface area contributed by atoms with E-state index in [2.05, 4.69) is 10.1 Å². The van der Waals surface area contributed by atoms with Gasteiger partial charge in [-0.05, 0) is 44.0 Å². The maximum absolute atomic E-state index is 11.5. The minimum Gasteiger partial charge on any atom is -0.450 e. The van der Waals surface area contributed by atoms with Crippen LogP contribution in [0.15, 0.2) is 23.1 Å². The highest BCUT2D eigenvalue weighted by molar-refractivity contribution is 7.91. The molecule has 0 aliphatic carbocycles. The molecule has 0 atom stereocenters. The smallest absolute Gasteiger partial charge is 0.450 e. The summed E-state index contributed by atoms with van der Waals surface area (Å²) in [6, 6.07) is 5.17. The SMILES string of the molecule is CC(C)(C)OC(=O)O.NCS(=O)(=O)c1ccc2c(c1)CNC2. The molecule has 0 bridgehead atoms. The maximum Gasteiger partial charge on any atom is 0.506 e. The van der Waals surface area contributed by atoms with Crippen molar-refractivity contribution in [2.75, 3.05) is 5.88 Å². The molecule has 0 amide bonds. The van der Waals surface area contributed by atoms with E-state index in [1.165, 1.54) is 5.56 Å². The van der Waals surface area contributed by atoms with Gasteiger partial charge in [-0.1, -0.05) is 6.07 Å². The predicted octanol–water partition coefficient (Wildman–Crippen LogP) is 1.46. The monoisotopic (exact) mass is 330 g/mol. The lowest BCUT2D eigenvalue weighted by Crippen LogP contribution is -2.22. The molecule has 1 aromatic carbocycles. The summed E-state index contributed by atoms with van der Waals surface area (Å²) in [5, 5.41) is 11.2. The highest BCUT2D eigenvalue weighted by Crippen LogP contribution is 2.20. The van der Waals surface area contributed by atoms with Gasteiger partial charge in [-0.2, -0.15) is 0 Å². The Balaban J connectivity index is 0.000000261. The Morgan fingerprint density at radius 2 is 1.91 bits per heavy atom. The first-order chi connectivity index (χ1) is 10.0. The van der Waals surface area contributed by atoms with Crippen molar-refractivity contribution in [3.63, 3.8) is 0 Å². The molecule has 0 saturated heterocycles. The van der Waals surface area contributed by atoms with Crippen molar-refractivity contribution in [3.8, 4) is 0 Å². The molecule has 124 valence electrons. The first-order valence-electron chi connectivity index (χ1n) is 6.72. The fourth-order valence-corrected chi connectivity index (χ4v) is 2.61. The van der Waals surface area contributed by atoms with Crippen LogP contribution in [0.3, 0.4) is 0 Å². The number of nitrogens with one attached hydrogen (secondary N) is 1. The fourth-order valence-electron chi connectivity index (χ4n) is 1.82. The summed E-state index contributed by atoms with van der Waals surface area (Å²) in [5.41, 5.74) is 6.83. The van der Waals surface area contributed by atoms with E-state index < -0.39 is 21.6 Å². The van der Waals surface area contributed by atoms with Crippen LogP contribution in [-0.4, -0.2) is 31.2 Å². The first-order valence-corrected chi connectivity index (χ1v) is 8.37. The molecule has 2 rings (SSSR count). The summed E-state index contributed by atoms with van der Waals surface area (Å²) in [6.45, 7) is 6.60. The predicted molar refractivity (Wildman–Crippen MR) is 82.1 cm³/mol. The number of rotatable bonds is 2. The van der Waals surface area contributed by atoms with Crippen molar-refractivity contribution >= 4 is 16.0 Å². The van der Waals surface area contributed by atoms with Gasteiger partial charge in [0.2, 0.25) is 0 Å². The zero-order chi connectivity index (χ0) is 17.0. The Morgan fingerprint density at radius 3 is 2.36 bits per heavy atom. The Morgan fingerprint density at radius 1 is 1.32 bits per heavy atom. The van der Waals surface area contributed by atoms with Crippen LogP contribution >= 0.6 is 0 Å². The van der Waals surface area contributed by atoms with Crippen LogP contribution in [0.5, 0.6) is 0 Å². The van der Waals surface area contributed by atoms with Crippen LogP contribution in [-0.2, 0) is 27.7 Å². The largest absolute Gasteiger partial charge is 0.506 e. The number of hydrogen-bond donors (Lipinski definition) is 3. The van der Waals surface area contributed by atoms with Crippen LogP contribution in [0.1, 0.15) is 31.9 Å². The number of hydrogen-bond acceptors (Lipinski definition) is 6. The molecule has 0 fully saturated rings. The molecule has 1 aliphatic heterocycles. The molecule has 1 aliphatic rings. The third-order valence-corrected chi connectivity index (χ3v) is 4.19. The molecule has 0 saturated carbocycles. The molecule has 0 radical (unpaired) electrons. The number of carboxylic acid groups (broad SMARTS) is 1. The lowest BCUT2D eigenvalue weighted by molar-refractivity contribution is 0.0150. The number of benzene rings is 1. The Bertz CT molecular complexity index is 635. The lowest BCUT2D eigenvalue weighted by atomic mass is 10.1. The molecular formula is C14H22N2O5S. The minimum absolute atomic E-state index is 0.322. The summed E-state index contributed by atoms with van der Waals surface area (Å²) >= 11 is 0. The number of sulfone groups is 1. The average molecular weight is 330 g/mol. The zero-order valence-electron chi connectivity index (χ0n) is 12.9. The number of fused-ring (bicyclic) bond motifs is 1. The highest BCUT2D eigenvalue weighted by Gasteiger charge is 2.16. The van der Waals surface area contributed by atoms with Gasteiger partial charge in [-0.3, -0.25) is 0 Å². The summed E-state index contributed by atoms with van der Waals surface area (Å²) in [4.78, 5) is 10.1. The molecule has 0 aromatic heterocycles. The summed E-state index contributed by atoms with van der Waals surface area (Å²) in [7, 11) is -3.27. The average Bonchev–Trinajstić information content (AvgIpc) is 2.83. The van der Waals surface area contributed by atoms with Gasteiger partial charge in [0, 0.05) is 13.1 Å². The standard InChI is InChI=1S/C9H12N2O2S.C5H10O3/c10-6-14(12,13)9-2-1-7-4-11-5-8(7)3-9;1-5(2,3)8-4(6)7/h1-3,11H,4-6,10H2;1-3H3,(H,6,7). The Kier molecular flexibility index (Phi) is 5.92. The number of nitrogens with two attached hydrogens (primary N) is 1. The molecule has 4 N–H and O–H groups in total. The molecule has 0 spiro atoms. The number of carbonyl (C=O) groups is 1. The van der Waals surface area contributed by atoms with E-state index in [9.17, 15) is 13.2 Å².